The van der Waals surface area contributed by atoms with E-state index in [9.17, 15) is 27.5 Å². The lowest BCUT2D eigenvalue weighted by Crippen LogP contribution is -2.48. The van der Waals surface area contributed by atoms with Gasteiger partial charge in [-0.2, -0.15) is 13.2 Å². The molecule has 0 aromatic heterocycles. The Morgan fingerprint density at radius 2 is 1.70 bits per heavy atom. The summed E-state index contributed by atoms with van der Waals surface area (Å²) in [6.45, 7) is 3.57. The summed E-state index contributed by atoms with van der Waals surface area (Å²) in [5, 5.41) is 9.69. The Bertz CT molecular complexity index is 1260. The van der Waals surface area contributed by atoms with E-state index in [-0.39, 0.29) is 29.7 Å². The molecule has 0 spiro atoms. The van der Waals surface area contributed by atoms with Crippen molar-refractivity contribution < 1.29 is 32.2 Å². The van der Waals surface area contributed by atoms with Crippen LogP contribution in [0.1, 0.15) is 93.0 Å². The predicted octanol–water partition coefficient (Wildman–Crippen LogP) is 7.76. The number of alkyl halides is 3. The van der Waals surface area contributed by atoms with Crippen molar-refractivity contribution in [3.8, 4) is 5.75 Å². The second kappa shape index (κ2) is 10.3. The van der Waals surface area contributed by atoms with Crippen LogP contribution in [-0.2, 0) is 17.4 Å². The molecule has 2 aromatic carbocycles. The van der Waals surface area contributed by atoms with E-state index in [1.165, 1.54) is 0 Å². The Kier molecular flexibility index (Phi) is 7.12. The number of hydrogen-bond donors (Lipinski definition) is 1. The molecule has 0 radical (unpaired) electrons. The molecule has 4 nitrogen and oxygen atoms in total. The van der Waals surface area contributed by atoms with E-state index in [0.717, 1.165) is 86.4 Å². The van der Waals surface area contributed by atoms with Gasteiger partial charge in [-0.3, -0.25) is 9.69 Å². The number of piperidine rings is 1. The quantitative estimate of drug-likeness (QED) is 0.353. The number of halogens is 4. The fourth-order valence-corrected chi connectivity index (χ4v) is 8.01. The van der Waals surface area contributed by atoms with Crippen LogP contribution >= 0.6 is 0 Å². The van der Waals surface area contributed by atoms with E-state index in [1.807, 2.05) is 0 Å². The SMILES string of the molecule is C[C@H](C(=O)O)C(c1ccc2c(c1)OC(C1CC3CCC(C1)N3[C@H](C)c1cc(F)ccc1C(F)(F)F)CC2)C1CC1. The van der Waals surface area contributed by atoms with E-state index in [2.05, 4.69) is 23.1 Å². The zero-order chi connectivity index (χ0) is 28.3. The summed E-state index contributed by atoms with van der Waals surface area (Å²) in [5.41, 5.74) is 1.44. The molecule has 3 aliphatic heterocycles. The van der Waals surface area contributed by atoms with Gasteiger partial charge in [0.15, 0.2) is 0 Å². The average molecular weight is 560 g/mol. The Labute approximate surface area is 232 Å². The first kappa shape index (κ1) is 27.6. The maximum atomic E-state index is 14.1. The van der Waals surface area contributed by atoms with Crippen LogP contribution in [0, 0.1) is 23.6 Å². The summed E-state index contributed by atoms with van der Waals surface area (Å²) in [6, 6.07) is 8.78. The lowest BCUT2D eigenvalue weighted by Gasteiger charge is -2.45. The molecule has 40 heavy (non-hydrogen) atoms. The first-order chi connectivity index (χ1) is 19.0. The highest BCUT2D eigenvalue weighted by atomic mass is 19.4. The smallest absolute Gasteiger partial charge is 0.416 e. The molecular weight excluding hydrogens is 522 g/mol. The van der Waals surface area contributed by atoms with Crippen LogP contribution in [0.5, 0.6) is 5.75 Å². The lowest BCUT2D eigenvalue weighted by molar-refractivity contribution is -0.142. The summed E-state index contributed by atoms with van der Waals surface area (Å²) < 4.78 is 62.0. The van der Waals surface area contributed by atoms with E-state index in [1.54, 1.807) is 13.8 Å². The topological polar surface area (TPSA) is 49.8 Å². The van der Waals surface area contributed by atoms with Crippen LogP contribution < -0.4 is 4.74 Å². The van der Waals surface area contributed by atoms with Gasteiger partial charge in [-0.15, -0.1) is 0 Å². The monoisotopic (exact) mass is 559 g/mol. The molecule has 2 saturated heterocycles. The highest BCUT2D eigenvalue weighted by molar-refractivity contribution is 5.71. The summed E-state index contributed by atoms with van der Waals surface area (Å²) in [7, 11) is 0. The zero-order valence-electron chi connectivity index (χ0n) is 23.0. The van der Waals surface area contributed by atoms with Crippen molar-refractivity contribution in [2.24, 2.45) is 17.8 Å². The molecule has 2 aromatic rings. The minimum Gasteiger partial charge on any atom is -0.490 e. The fourth-order valence-electron chi connectivity index (χ4n) is 8.01. The highest BCUT2D eigenvalue weighted by Crippen LogP contribution is 2.50. The van der Waals surface area contributed by atoms with Gasteiger partial charge >= 0.3 is 12.1 Å². The molecule has 1 N–H and O–H groups in total. The van der Waals surface area contributed by atoms with Crippen LogP contribution in [-0.4, -0.2) is 34.2 Å². The average Bonchev–Trinajstić information content (AvgIpc) is 3.71. The predicted molar refractivity (Wildman–Crippen MR) is 143 cm³/mol. The summed E-state index contributed by atoms with van der Waals surface area (Å²) >= 11 is 0. The second-order valence-corrected chi connectivity index (χ2v) is 12.5. The van der Waals surface area contributed by atoms with Crippen LogP contribution in [0.15, 0.2) is 36.4 Å². The Morgan fingerprint density at radius 1 is 1.00 bits per heavy atom. The number of carboxylic acid groups (broad SMARTS) is 1. The number of fused-ring (bicyclic) bond motifs is 3. The summed E-state index contributed by atoms with van der Waals surface area (Å²) in [5.74, 6) is -0.335. The molecular formula is C32H37F4NO3. The molecule has 0 amide bonds. The standard InChI is InChI=1S/C32H37F4NO3/c1-17(31(38)39)30(20-4-5-20)21-6-3-19-7-12-28(40-29(19)15-21)22-13-24-9-10-25(14-22)37(24)18(2)26-16-23(33)8-11-27(26)32(34,35)36/h3,6,8,11,15-18,20,22,24-25,28,30H,4-5,7,9-10,12-14H2,1-2H3,(H,38,39)/t17-,18+,22?,24?,25?,28?,30?/m0/s1. The lowest BCUT2D eigenvalue weighted by atomic mass is 9.80. The largest absolute Gasteiger partial charge is 0.490 e. The van der Waals surface area contributed by atoms with E-state index in [0.29, 0.717) is 11.8 Å². The van der Waals surface area contributed by atoms with Gasteiger partial charge in [0.05, 0.1) is 11.5 Å². The minimum atomic E-state index is -4.53. The maximum absolute atomic E-state index is 14.1. The molecule has 3 fully saturated rings. The number of aryl methyl sites for hydroxylation is 1. The van der Waals surface area contributed by atoms with E-state index < -0.39 is 35.5 Å². The van der Waals surface area contributed by atoms with Gasteiger partial charge in [-0.25, -0.2) is 4.39 Å². The van der Waals surface area contributed by atoms with Gasteiger partial charge < -0.3 is 9.84 Å². The highest BCUT2D eigenvalue weighted by Gasteiger charge is 2.47. The number of carbonyl (C=O) groups is 1. The number of aliphatic carboxylic acids is 1. The molecule has 6 rings (SSSR count). The number of benzene rings is 2. The van der Waals surface area contributed by atoms with E-state index >= 15 is 0 Å². The maximum Gasteiger partial charge on any atom is 0.416 e. The first-order valence-electron chi connectivity index (χ1n) is 14.7. The van der Waals surface area contributed by atoms with Crippen molar-refractivity contribution in [3.05, 3.63) is 64.5 Å². The van der Waals surface area contributed by atoms with Crippen molar-refractivity contribution in [2.45, 2.75) is 102 Å². The summed E-state index contributed by atoms with van der Waals surface area (Å²) in [4.78, 5) is 14.0. The van der Waals surface area contributed by atoms with Crippen LogP contribution in [0.3, 0.4) is 0 Å². The van der Waals surface area contributed by atoms with Crippen molar-refractivity contribution in [3.63, 3.8) is 0 Å². The molecule has 1 saturated carbocycles. The van der Waals surface area contributed by atoms with Gasteiger partial charge in [-0.05, 0) is 117 Å². The zero-order valence-corrected chi connectivity index (χ0v) is 23.0. The molecule has 216 valence electrons. The normalized spacial score (nSPS) is 28.9. The number of hydrogen-bond acceptors (Lipinski definition) is 3. The number of nitrogens with zero attached hydrogens (tertiary/aromatic N) is 1. The third kappa shape index (κ3) is 5.12. The third-order valence-corrected chi connectivity index (χ3v) is 10.1. The molecule has 4 aliphatic rings. The molecule has 1 aliphatic carbocycles. The molecule has 3 heterocycles. The van der Waals surface area contributed by atoms with Gasteiger partial charge in [-0.1, -0.05) is 19.1 Å². The number of ether oxygens (including phenoxy) is 1. The Hall–Kier alpha value is -2.61. The first-order valence-corrected chi connectivity index (χ1v) is 14.7. The molecule has 4 unspecified atom stereocenters. The van der Waals surface area contributed by atoms with Crippen LogP contribution in [0.2, 0.25) is 0 Å². The van der Waals surface area contributed by atoms with Crippen LogP contribution in [0.4, 0.5) is 17.6 Å². The Morgan fingerprint density at radius 3 is 2.33 bits per heavy atom. The second-order valence-electron chi connectivity index (χ2n) is 12.5. The molecule has 8 heteroatoms. The van der Waals surface area contributed by atoms with Gasteiger partial charge in [0.25, 0.3) is 0 Å². The number of rotatable bonds is 7. The molecule has 2 bridgehead atoms. The summed E-state index contributed by atoms with van der Waals surface area (Å²) in [6.07, 6.45) is 2.94. The minimum absolute atomic E-state index is 0.0130. The van der Waals surface area contributed by atoms with Crippen LogP contribution in [0.25, 0.3) is 0 Å². The van der Waals surface area contributed by atoms with E-state index in [4.69, 9.17) is 4.74 Å². The third-order valence-electron chi connectivity index (χ3n) is 10.1. The fraction of sp³-hybridized carbons (Fsp3) is 0.594. The van der Waals surface area contributed by atoms with Crippen molar-refractivity contribution in [1.82, 2.24) is 4.90 Å². The van der Waals surface area contributed by atoms with Crippen molar-refractivity contribution in [2.75, 3.05) is 0 Å². The molecule has 6 atom stereocenters. The van der Waals surface area contributed by atoms with Gasteiger partial charge in [0, 0.05) is 18.1 Å². The van der Waals surface area contributed by atoms with Gasteiger partial charge in [0.1, 0.15) is 17.7 Å². The van der Waals surface area contributed by atoms with Crippen molar-refractivity contribution in [1.29, 1.82) is 0 Å². The van der Waals surface area contributed by atoms with Gasteiger partial charge in [0.2, 0.25) is 0 Å². The number of carboxylic acids is 1. The van der Waals surface area contributed by atoms with Crippen molar-refractivity contribution >= 4 is 5.97 Å². The Balaban J connectivity index is 1.18.